The van der Waals surface area contributed by atoms with Crippen LogP contribution in [0, 0.1) is 11.8 Å². The quantitative estimate of drug-likeness (QED) is 0.460. The van der Waals surface area contributed by atoms with Crippen LogP contribution in [-0.4, -0.2) is 73.1 Å². The predicted molar refractivity (Wildman–Crippen MR) is 142 cm³/mol. The lowest BCUT2D eigenvalue weighted by molar-refractivity contribution is -0.153. The second-order valence-electron chi connectivity index (χ2n) is 11.2. The number of benzene rings is 1. The van der Waals surface area contributed by atoms with Crippen molar-refractivity contribution >= 4 is 12.1 Å². The van der Waals surface area contributed by atoms with Crippen LogP contribution in [0.5, 0.6) is 5.75 Å². The van der Waals surface area contributed by atoms with Gasteiger partial charge in [0.15, 0.2) is 0 Å². The van der Waals surface area contributed by atoms with Crippen molar-refractivity contribution < 1.29 is 23.8 Å². The summed E-state index contributed by atoms with van der Waals surface area (Å²) in [4.78, 5) is 27.5. The van der Waals surface area contributed by atoms with Crippen LogP contribution in [0.1, 0.15) is 53.4 Å². The van der Waals surface area contributed by atoms with Crippen molar-refractivity contribution in [3.05, 3.63) is 42.7 Å². The number of hydrogen-bond acceptors (Lipinski definition) is 8. The molecule has 4 atom stereocenters. The van der Waals surface area contributed by atoms with Gasteiger partial charge in [-0.3, -0.25) is 4.90 Å². The van der Waals surface area contributed by atoms with Crippen LogP contribution < -0.4 is 4.74 Å². The molecule has 11 heteroatoms. The minimum absolute atomic E-state index is 0.0623. The van der Waals surface area contributed by atoms with E-state index in [2.05, 4.69) is 20.6 Å². The average molecular weight is 537 g/mol. The number of carbonyl (C=O) groups is 2. The summed E-state index contributed by atoms with van der Waals surface area (Å²) in [7, 11) is 0. The summed E-state index contributed by atoms with van der Waals surface area (Å²) in [6, 6.07) is 9.19. The first-order valence-electron chi connectivity index (χ1n) is 13.6. The number of H-pyrrole nitrogens is 1. The number of aromatic amines is 1. The molecular weight excluding hydrogens is 500 g/mol. The Balaban J connectivity index is 1.35. The van der Waals surface area contributed by atoms with Crippen LogP contribution >= 0.6 is 0 Å². The van der Waals surface area contributed by atoms with Gasteiger partial charge in [0, 0.05) is 30.7 Å². The summed E-state index contributed by atoms with van der Waals surface area (Å²) in [5.74, 6) is 1.22. The van der Waals surface area contributed by atoms with Crippen molar-refractivity contribution in [2.75, 3.05) is 13.2 Å². The Morgan fingerprint density at radius 3 is 2.59 bits per heavy atom. The molecule has 1 amide bonds. The Hall–Kier alpha value is -3.89. The number of rotatable bonds is 6. The normalized spacial score (nSPS) is 23.1. The highest BCUT2D eigenvalue weighted by Crippen LogP contribution is 2.42. The number of fused-ring (bicyclic) bond motifs is 1. The van der Waals surface area contributed by atoms with Crippen LogP contribution in [0.3, 0.4) is 0 Å². The molecule has 2 aromatic heterocycles. The number of nitrogens with one attached hydrogen (secondary N) is 1. The lowest BCUT2D eigenvalue weighted by Gasteiger charge is -2.46. The molecule has 2 aliphatic rings. The summed E-state index contributed by atoms with van der Waals surface area (Å²) < 4.78 is 19.6. The topological polar surface area (TPSA) is 124 Å². The van der Waals surface area contributed by atoms with E-state index in [0.29, 0.717) is 24.5 Å². The molecule has 1 aromatic carbocycles. The first-order chi connectivity index (χ1) is 18.7. The highest BCUT2D eigenvalue weighted by molar-refractivity contribution is 5.82. The fourth-order valence-electron chi connectivity index (χ4n) is 5.61. The van der Waals surface area contributed by atoms with E-state index >= 15 is 0 Å². The summed E-state index contributed by atoms with van der Waals surface area (Å²) in [6.07, 6.45) is 6.41. The van der Waals surface area contributed by atoms with E-state index in [9.17, 15) is 9.59 Å². The average Bonchev–Trinajstić information content (AvgIpc) is 3.62. The Labute approximate surface area is 227 Å². The van der Waals surface area contributed by atoms with Crippen LogP contribution in [-0.2, 0) is 14.3 Å². The van der Waals surface area contributed by atoms with E-state index in [4.69, 9.17) is 14.2 Å². The van der Waals surface area contributed by atoms with Crippen molar-refractivity contribution in [1.29, 1.82) is 0 Å². The van der Waals surface area contributed by atoms with Gasteiger partial charge >= 0.3 is 12.1 Å². The number of hydrogen-bond donors (Lipinski definition) is 1. The fourth-order valence-corrected chi connectivity index (χ4v) is 5.61. The van der Waals surface area contributed by atoms with Crippen molar-refractivity contribution in [2.45, 2.75) is 71.1 Å². The van der Waals surface area contributed by atoms with E-state index in [-0.39, 0.29) is 30.5 Å². The second-order valence-corrected chi connectivity index (χ2v) is 11.2. The maximum Gasteiger partial charge on any atom is 0.411 e. The molecule has 208 valence electrons. The molecular formula is C28H36N6O5. The number of esters is 1. The highest BCUT2D eigenvalue weighted by Gasteiger charge is 2.46. The summed E-state index contributed by atoms with van der Waals surface area (Å²) in [5.41, 5.74) is 1.07. The molecule has 0 radical (unpaired) electrons. The molecule has 39 heavy (non-hydrogen) atoms. The smallest absolute Gasteiger partial charge is 0.411 e. The Morgan fingerprint density at radius 1 is 1.10 bits per heavy atom. The Morgan fingerprint density at radius 2 is 1.90 bits per heavy atom. The van der Waals surface area contributed by atoms with Gasteiger partial charge in [0.05, 0.1) is 18.3 Å². The summed E-state index contributed by atoms with van der Waals surface area (Å²) >= 11 is 0. The third-order valence-electron chi connectivity index (χ3n) is 7.36. The van der Waals surface area contributed by atoms with Gasteiger partial charge in [0.1, 0.15) is 17.4 Å². The van der Waals surface area contributed by atoms with Gasteiger partial charge in [0.2, 0.25) is 5.82 Å². The zero-order chi connectivity index (χ0) is 27.6. The Bertz CT molecular complexity index is 1270. The maximum atomic E-state index is 13.0. The molecule has 0 bridgehead atoms. The van der Waals surface area contributed by atoms with E-state index in [1.54, 1.807) is 11.8 Å². The van der Waals surface area contributed by atoms with Gasteiger partial charge in [0.25, 0.3) is 0 Å². The SMILES string of the molecule is CCOC(=O)[C@@H]1C[C@@H]2C[C@@H](Oc3cc(-n4cccc4)ccc3-c3nn[nH]n3)CC[C@H]2CN1C(=O)OC(C)(C)C. The predicted octanol–water partition coefficient (Wildman–Crippen LogP) is 4.39. The molecule has 0 spiro atoms. The third kappa shape index (κ3) is 6.07. The Kier molecular flexibility index (Phi) is 7.58. The van der Waals surface area contributed by atoms with Crippen LogP contribution in [0.4, 0.5) is 4.79 Å². The van der Waals surface area contributed by atoms with Crippen molar-refractivity contribution in [2.24, 2.45) is 11.8 Å². The maximum absolute atomic E-state index is 13.0. The minimum atomic E-state index is -0.674. The first kappa shape index (κ1) is 26.7. The van der Waals surface area contributed by atoms with Crippen molar-refractivity contribution in [3.8, 4) is 22.8 Å². The number of carbonyl (C=O) groups excluding carboxylic acids is 2. The number of piperidine rings is 1. The second kappa shape index (κ2) is 11.1. The molecule has 1 saturated carbocycles. The van der Waals surface area contributed by atoms with Gasteiger partial charge < -0.3 is 18.8 Å². The molecule has 3 heterocycles. The van der Waals surface area contributed by atoms with Crippen LogP contribution in [0.25, 0.3) is 17.1 Å². The van der Waals surface area contributed by atoms with Crippen LogP contribution in [0.15, 0.2) is 42.7 Å². The molecule has 1 aliphatic carbocycles. The molecule has 11 nitrogen and oxygen atoms in total. The van der Waals surface area contributed by atoms with Gasteiger partial charge in [-0.15, -0.1) is 10.2 Å². The summed E-state index contributed by atoms with van der Waals surface area (Å²) in [5, 5.41) is 14.5. The molecule has 1 N–H and O–H groups in total. The van der Waals surface area contributed by atoms with E-state index < -0.39 is 17.7 Å². The lowest BCUT2D eigenvalue weighted by Crippen LogP contribution is -2.56. The molecule has 1 aliphatic heterocycles. The van der Waals surface area contributed by atoms with Gasteiger partial charge in [-0.25, -0.2) is 9.59 Å². The highest BCUT2D eigenvalue weighted by atomic mass is 16.6. The van der Waals surface area contributed by atoms with E-state index in [0.717, 1.165) is 30.5 Å². The summed E-state index contributed by atoms with van der Waals surface area (Å²) in [6.45, 7) is 7.98. The number of ether oxygens (including phenoxy) is 3. The van der Waals surface area contributed by atoms with E-state index in [1.165, 1.54) is 0 Å². The zero-order valence-electron chi connectivity index (χ0n) is 22.9. The van der Waals surface area contributed by atoms with Crippen molar-refractivity contribution in [1.82, 2.24) is 30.1 Å². The van der Waals surface area contributed by atoms with Gasteiger partial charge in [-0.1, -0.05) is 0 Å². The number of amides is 1. The minimum Gasteiger partial charge on any atom is -0.490 e. The number of aromatic nitrogens is 5. The number of nitrogens with zero attached hydrogens (tertiary/aromatic N) is 5. The van der Waals surface area contributed by atoms with E-state index in [1.807, 2.05) is 68.1 Å². The molecule has 0 unspecified atom stereocenters. The van der Waals surface area contributed by atoms with Gasteiger partial charge in [-0.2, -0.15) is 5.21 Å². The third-order valence-corrected chi connectivity index (χ3v) is 7.36. The lowest BCUT2D eigenvalue weighted by atomic mass is 9.72. The molecule has 2 fully saturated rings. The van der Waals surface area contributed by atoms with Gasteiger partial charge in [-0.05, 0) is 94.7 Å². The van der Waals surface area contributed by atoms with Crippen molar-refractivity contribution in [3.63, 3.8) is 0 Å². The monoisotopic (exact) mass is 536 g/mol. The molecule has 1 saturated heterocycles. The molecule has 3 aromatic rings. The standard InChI is InChI=1S/C28H36N6O5/c1-5-37-26(35)23-15-19-14-21(10-8-18(19)17-34(23)27(36)39-28(2,3)4)38-24-16-20(33-12-6-7-13-33)9-11-22(24)25-29-31-32-30-25/h6-7,9,11-13,16,18-19,21,23H,5,8,10,14-15,17H2,1-4H3,(H,29,30,31,32)/t18-,19-,21-,23-/m0/s1. The first-order valence-corrected chi connectivity index (χ1v) is 13.6. The molecule has 5 rings (SSSR count). The fraction of sp³-hybridized carbons (Fsp3) is 0.536. The zero-order valence-corrected chi connectivity index (χ0v) is 22.9. The van der Waals surface area contributed by atoms with Crippen LogP contribution in [0.2, 0.25) is 0 Å². The number of likely N-dealkylation sites (tertiary alicyclic amines) is 1. The number of tetrazole rings is 1. The largest absolute Gasteiger partial charge is 0.490 e.